The van der Waals surface area contributed by atoms with Crippen LogP contribution in [0.3, 0.4) is 0 Å². The maximum atomic E-state index is 12.6. The number of nitrogens with one attached hydrogen (secondary N) is 1. The van der Waals surface area contributed by atoms with E-state index in [2.05, 4.69) is 5.32 Å². The number of phenols is 1. The number of rotatable bonds is 11. The maximum absolute atomic E-state index is 12.6. The van der Waals surface area contributed by atoms with Crippen molar-refractivity contribution in [2.24, 2.45) is 11.7 Å². The summed E-state index contributed by atoms with van der Waals surface area (Å²) < 4.78 is 0. The zero-order valence-corrected chi connectivity index (χ0v) is 17.1. The van der Waals surface area contributed by atoms with Gasteiger partial charge in [0.05, 0.1) is 5.56 Å². The molecule has 0 unspecified atom stereocenters. The Kier molecular flexibility index (Phi) is 9.30. The van der Waals surface area contributed by atoms with Crippen LogP contribution in [0.2, 0.25) is 5.82 Å². The molecular weight excluding hydrogens is 371 g/mol. The lowest BCUT2D eigenvalue weighted by molar-refractivity contribution is -0.120. The first kappa shape index (κ1) is 23.5. The van der Waals surface area contributed by atoms with Crippen molar-refractivity contribution < 1.29 is 24.7 Å². The number of para-hydroxylation sites is 1. The Balaban J connectivity index is 1.90. The molecule has 1 saturated carbocycles. The van der Waals surface area contributed by atoms with Crippen molar-refractivity contribution in [1.82, 2.24) is 5.32 Å². The monoisotopic (exact) mass is 404 g/mol. The minimum absolute atomic E-state index is 0.00341. The summed E-state index contributed by atoms with van der Waals surface area (Å²) in [6, 6.07) is 5.27. The smallest absolute Gasteiger partial charge is 0.455 e. The van der Waals surface area contributed by atoms with E-state index in [0.717, 1.165) is 32.2 Å². The van der Waals surface area contributed by atoms with Crippen molar-refractivity contribution in [2.45, 2.75) is 63.7 Å². The molecule has 0 spiro atoms. The molecule has 0 amide bonds. The summed E-state index contributed by atoms with van der Waals surface area (Å²) in [7, 11) is -1.67. The number of carbonyl (C=O) groups is 2. The van der Waals surface area contributed by atoms with Crippen LogP contribution in [0, 0.1) is 5.92 Å². The normalized spacial score (nSPS) is 20.3. The van der Waals surface area contributed by atoms with Gasteiger partial charge in [-0.1, -0.05) is 12.1 Å². The third kappa shape index (κ3) is 7.22. The van der Waals surface area contributed by atoms with Gasteiger partial charge in [0.2, 0.25) is 0 Å². The van der Waals surface area contributed by atoms with E-state index in [4.69, 9.17) is 5.73 Å². The summed E-state index contributed by atoms with van der Waals surface area (Å²) in [5.74, 6) is -0.814. The molecule has 1 aromatic rings. The van der Waals surface area contributed by atoms with Crippen LogP contribution in [0.15, 0.2) is 18.2 Å². The first-order chi connectivity index (χ1) is 13.8. The molecule has 2 rings (SSSR count). The van der Waals surface area contributed by atoms with Gasteiger partial charge in [-0.05, 0) is 56.6 Å². The molecule has 0 bridgehead atoms. The molecule has 7 nitrogen and oxygen atoms in total. The number of hydrogen-bond donors (Lipinski definition) is 5. The molecule has 0 aliphatic heterocycles. The molecule has 6 N–H and O–H groups in total. The number of nitrogens with two attached hydrogens (primary N) is 1. The first-order valence-electron chi connectivity index (χ1n) is 10.4. The van der Waals surface area contributed by atoms with E-state index in [1.165, 1.54) is 13.0 Å². The topological polar surface area (TPSA) is 133 Å². The zero-order chi connectivity index (χ0) is 21.4. The quantitative estimate of drug-likeness (QED) is 0.278. The lowest BCUT2D eigenvalue weighted by atomic mass is 9.66. The molecular formula is C21H33BN2O5. The van der Waals surface area contributed by atoms with Gasteiger partial charge in [-0.15, -0.1) is 0 Å². The van der Waals surface area contributed by atoms with Crippen LogP contribution >= 0.6 is 0 Å². The van der Waals surface area contributed by atoms with Gasteiger partial charge in [-0.3, -0.25) is 9.59 Å². The lowest BCUT2D eigenvalue weighted by Gasteiger charge is -2.29. The number of phenolic OH excluding ortho intramolecular Hbond substituents is 1. The average Bonchev–Trinajstić information content (AvgIpc) is 2.68. The lowest BCUT2D eigenvalue weighted by Crippen LogP contribution is -2.36. The molecule has 0 radical (unpaired) electrons. The molecule has 0 aromatic heterocycles. The maximum Gasteiger partial charge on any atom is 0.455 e. The highest BCUT2D eigenvalue weighted by Crippen LogP contribution is 2.31. The Bertz CT molecular complexity index is 690. The Morgan fingerprint density at radius 2 is 1.93 bits per heavy atom. The SMILES string of the molecule is CC(=O)c1cccc(C[C@H](CC(=O)CC2CCC(NCCN)CC2)B(O)O)c1O. The Hall–Kier alpha value is -1.74. The molecule has 1 fully saturated rings. The van der Waals surface area contributed by atoms with Crippen molar-refractivity contribution in [2.75, 3.05) is 13.1 Å². The van der Waals surface area contributed by atoms with Crippen molar-refractivity contribution in [3.63, 3.8) is 0 Å². The van der Waals surface area contributed by atoms with Crippen LogP contribution in [0.25, 0.3) is 0 Å². The van der Waals surface area contributed by atoms with E-state index >= 15 is 0 Å². The van der Waals surface area contributed by atoms with Gasteiger partial charge in [0.15, 0.2) is 5.78 Å². The largest absolute Gasteiger partial charge is 0.507 e. The van der Waals surface area contributed by atoms with Gasteiger partial charge >= 0.3 is 7.12 Å². The minimum Gasteiger partial charge on any atom is -0.507 e. The number of ketones is 2. The fraction of sp³-hybridized carbons (Fsp3) is 0.619. The molecule has 1 aromatic carbocycles. The highest BCUT2D eigenvalue weighted by atomic mass is 16.4. The summed E-state index contributed by atoms with van der Waals surface area (Å²) in [5, 5.41) is 33.2. The second-order valence-electron chi connectivity index (χ2n) is 8.15. The van der Waals surface area contributed by atoms with Crippen LogP contribution in [0.1, 0.15) is 61.4 Å². The standard InChI is InChI=1S/C21H33BN2O5/c1-14(25)20-4-2-3-16(21(20)27)12-17(22(28)29)13-19(26)11-15-5-7-18(8-6-15)24-10-9-23/h2-4,15,17-18,24,27-29H,5-13,23H2,1H3/t15?,17-,18?/m1/s1. The Morgan fingerprint density at radius 1 is 1.24 bits per heavy atom. The third-order valence-electron chi connectivity index (χ3n) is 5.83. The van der Waals surface area contributed by atoms with Gasteiger partial charge in [0, 0.05) is 37.8 Å². The highest BCUT2D eigenvalue weighted by molar-refractivity contribution is 6.43. The van der Waals surface area contributed by atoms with E-state index in [0.29, 0.717) is 30.5 Å². The molecule has 1 aliphatic carbocycles. The molecule has 160 valence electrons. The van der Waals surface area contributed by atoms with Gasteiger partial charge in [-0.25, -0.2) is 0 Å². The van der Waals surface area contributed by atoms with Crippen LogP contribution in [0.4, 0.5) is 0 Å². The fourth-order valence-corrected chi connectivity index (χ4v) is 4.16. The number of benzene rings is 1. The molecule has 1 atom stereocenters. The predicted molar refractivity (Wildman–Crippen MR) is 113 cm³/mol. The van der Waals surface area contributed by atoms with E-state index < -0.39 is 12.9 Å². The average molecular weight is 404 g/mol. The molecule has 0 heterocycles. The summed E-state index contributed by atoms with van der Waals surface area (Å²) in [5.41, 5.74) is 6.15. The number of carbonyl (C=O) groups excluding carboxylic acids is 2. The number of hydrogen-bond acceptors (Lipinski definition) is 7. The third-order valence-corrected chi connectivity index (χ3v) is 5.83. The Labute approximate surface area is 172 Å². The van der Waals surface area contributed by atoms with Crippen molar-refractivity contribution >= 4 is 18.7 Å². The van der Waals surface area contributed by atoms with Crippen LogP contribution < -0.4 is 11.1 Å². The molecule has 0 saturated heterocycles. The van der Waals surface area contributed by atoms with Gasteiger partial charge in [0.1, 0.15) is 11.5 Å². The van der Waals surface area contributed by atoms with Crippen LogP contribution in [0.5, 0.6) is 5.75 Å². The zero-order valence-electron chi connectivity index (χ0n) is 17.1. The Morgan fingerprint density at radius 3 is 2.52 bits per heavy atom. The number of aromatic hydroxyl groups is 1. The minimum atomic E-state index is -1.67. The van der Waals surface area contributed by atoms with E-state index in [1.54, 1.807) is 12.1 Å². The molecule has 29 heavy (non-hydrogen) atoms. The van der Waals surface area contributed by atoms with E-state index in [-0.39, 0.29) is 35.7 Å². The van der Waals surface area contributed by atoms with E-state index in [9.17, 15) is 24.7 Å². The second-order valence-corrected chi connectivity index (χ2v) is 8.15. The summed E-state index contributed by atoms with van der Waals surface area (Å²) in [6.45, 7) is 2.79. The summed E-state index contributed by atoms with van der Waals surface area (Å²) in [4.78, 5) is 24.2. The molecule has 1 aliphatic rings. The van der Waals surface area contributed by atoms with Crippen molar-refractivity contribution in [3.8, 4) is 5.75 Å². The van der Waals surface area contributed by atoms with Crippen molar-refractivity contribution in [1.29, 1.82) is 0 Å². The summed E-state index contributed by atoms with van der Waals surface area (Å²) in [6.07, 6.45) is 4.58. The fourth-order valence-electron chi connectivity index (χ4n) is 4.16. The summed E-state index contributed by atoms with van der Waals surface area (Å²) >= 11 is 0. The molecule has 8 heteroatoms. The highest BCUT2D eigenvalue weighted by Gasteiger charge is 2.29. The van der Waals surface area contributed by atoms with E-state index in [1.807, 2.05) is 0 Å². The van der Waals surface area contributed by atoms with Crippen LogP contribution in [-0.2, 0) is 11.2 Å². The second kappa shape index (κ2) is 11.5. The van der Waals surface area contributed by atoms with Crippen molar-refractivity contribution in [3.05, 3.63) is 29.3 Å². The first-order valence-corrected chi connectivity index (χ1v) is 10.4. The van der Waals surface area contributed by atoms with Crippen LogP contribution in [-0.4, -0.2) is 53.0 Å². The predicted octanol–water partition coefficient (Wildman–Crippen LogP) is 1.44. The van der Waals surface area contributed by atoms with Gasteiger partial charge in [-0.2, -0.15) is 0 Å². The van der Waals surface area contributed by atoms with Gasteiger partial charge < -0.3 is 26.2 Å². The number of Topliss-reactive ketones (excluding diaryl/α,β-unsaturated/α-hetero) is 2. The van der Waals surface area contributed by atoms with Gasteiger partial charge in [0.25, 0.3) is 0 Å².